The highest BCUT2D eigenvalue weighted by Crippen LogP contribution is 2.07. The number of amides is 1. The molecule has 1 rings (SSSR count). The number of hydrogen-bond donors (Lipinski definition) is 1. The van der Waals surface area contributed by atoms with Crippen LogP contribution in [0.25, 0.3) is 0 Å². The third kappa shape index (κ3) is 3.56. The van der Waals surface area contributed by atoms with E-state index in [-0.39, 0.29) is 12.0 Å². The highest BCUT2D eigenvalue weighted by atomic mass is 16.3. The van der Waals surface area contributed by atoms with Gasteiger partial charge in [-0.05, 0) is 25.8 Å². The monoisotopic (exact) mass is 239 g/mol. The van der Waals surface area contributed by atoms with E-state index in [1.54, 1.807) is 30.6 Å². The van der Waals surface area contributed by atoms with Crippen molar-refractivity contribution in [3.63, 3.8) is 0 Å². The first-order valence-corrected chi connectivity index (χ1v) is 5.92. The lowest BCUT2D eigenvalue weighted by Crippen LogP contribution is -2.30. The summed E-state index contributed by atoms with van der Waals surface area (Å²) in [5, 5.41) is 13.4. The molecule has 1 atom stereocenters. The molecule has 1 N–H and O–H groups in total. The second-order valence-corrected chi connectivity index (χ2v) is 4.36. The molecule has 0 aliphatic carbocycles. The van der Waals surface area contributed by atoms with Crippen LogP contribution in [-0.2, 0) is 13.5 Å². The van der Waals surface area contributed by atoms with Crippen LogP contribution in [-0.4, -0.2) is 45.4 Å². The SMILES string of the molecule is CCc1cc(C(=O)N(C)CCC(C)O)n(C)n1. The van der Waals surface area contributed by atoms with Crippen molar-refractivity contribution in [1.82, 2.24) is 14.7 Å². The first-order valence-electron chi connectivity index (χ1n) is 5.92. The summed E-state index contributed by atoms with van der Waals surface area (Å²) in [6.45, 7) is 4.27. The minimum atomic E-state index is -0.386. The molecule has 5 nitrogen and oxygen atoms in total. The number of aliphatic hydroxyl groups is 1. The number of carbonyl (C=O) groups is 1. The van der Waals surface area contributed by atoms with Crippen molar-refractivity contribution in [1.29, 1.82) is 0 Å². The molecule has 1 unspecified atom stereocenters. The molecule has 17 heavy (non-hydrogen) atoms. The Bertz CT molecular complexity index is 385. The second-order valence-electron chi connectivity index (χ2n) is 4.36. The topological polar surface area (TPSA) is 58.4 Å². The van der Waals surface area contributed by atoms with E-state index in [0.29, 0.717) is 18.7 Å². The van der Waals surface area contributed by atoms with E-state index in [1.807, 2.05) is 13.0 Å². The highest BCUT2D eigenvalue weighted by molar-refractivity contribution is 5.92. The number of aryl methyl sites for hydroxylation is 2. The van der Waals surface area contributed by atoms with Gasteiger partial charge in [0, 0.05) is 20.6 Å². The van der Waals surface area contributed by atoms with Crippen LogP contribution in [0.3, 0.4) is 0 Å². The molecule has 1 amide bonds. The van der Waals surface area contributed by atoms with E-state index in [2.05, 4.69) is 5.10 Å². The molecular formula is C12H21N3O2. The van der Waals surface area contributed by atoms with Crippen LogP contribution in [0.5, 0.6) is 0 Å². The van der Waals surface area contributed by atoms with Gasteiger partial charge in [0.05, 0.1) is 11.8 Å². The fourth-order valence-electron chi connectivity index (χ4n) is 1.58. The molecule has 0 fully saturated rings. The van der Waals surface area contributed by atoms with Gasteiger partial charge >= 0.3 is 0 Å². The van der Waals surface area contributed by atoms with Crippen LogP contribution in [0.2, 0.25) is 0 Å². The Morgan fingerprint density at radius 1 is 1.65 bits per heavy atom. The molecule has 1 aromatic rings. The van der Waals surface area contributed by atoms with Crippen LogP contribution in [0.15, 0.2) is 6.07 Å². The van der Waals surface area contributed by atoms with E-state index in [0.717, 1.165) is 12.1 Å². The van der Waals surface area contributed by atoms with Crippen LogP contribution in [0.1, 0.15) is 36.5 Å². The van der Waals surface area contributed by atoms with Gasteiger partial charge in [-0.1, -0.05) is 6.92 Å². The molecule has 0 spiro atoms. The molecule has 0 radical (unpaired) electrons. The zero-order valence-electron chi connectivity index (χ0n) is 11.0. The lowest BCUT2D eigenvalue weighted by molar-refractivity contribution is 0.0758. The zero-order chi connectivity index (χ0) is 13.0. The minimum absolute atomic E-state index is 0.0552. The highest BCUT2D eigenvalue weighted by Gasteiger charge is 2.17. The smallest absolute Gasteiger partial charge is 0.271 e. The second kappa shape index (κ2) is 5.82. The molecule has 0 aromatic carbocycles. The summed E-state index contributed by atoms with van der Waals surface area (Å²) in [6.07, 6.45) is 1.02. The summed E-state index contributed by atoms with van der Waals surface area (Å²) in [5.74, 6) is -0.0552. The Hall–Kier alpha value is -1.36. The van der Waals surface area contributed by atoms with E-state index in [1.165, 1.54) is 0 Å². The molecule has 0 saturated carbocycles. The van der Waals surface area contributed by atoms with Crippen molar-refractivity contribution in [2.75, 3.05) is 13.6 Å². The summed E-state index contributed by atoms with van der Waals surface area (Å²) in [7, 11) is 3.51. The van der Waals surface area contributed by atoms with Gasteiger partial charge in [-0.25, -0.2) is 0 Å². The lowest BCUT2D eigenvalue weighted by Gasteiger charge is -2.17. The Labute approximate surface area is 102 Å². The zero-order valence-corrected chi connectivity index (χ0v) is 11.0. The number of hydrogen-bond acceptors (Lipinski definition) is 3. The number of nitrogens with zero attached hydrogens (tertiary/aromatic N) is 3. The van der Waals surface area contributed by atoms with Crippen molar-refractivity contribution < 1.29 is 9.90 Å². The standard InChI is InChI=1S/C12H21N3O2/c1-5-10-8-11(15(4)13-10)12(17)14(3)7-6-9(2)16/h8-9,16H,5-7H2,1-4H3. The Kier molecular flexibility index (Phi) is 4.69. The maximum atomic E-state index is 12.1. The first kappa shape index (κ1) is 13.7. The van der Waals surface area contributed by atoms with Crippen molar-refractivity contribution in [3.8, 4) is 0 Å². The molecule has 1 aromatic heterocycles. The van der Waals surface area contributed by atoms with E-state index >= 15 is 0 Å². The van der Waals surface area contributed by atoms with Crippen LogP contribution in [0, 0.1) is 0 Å². The predicted octanol–water partition coefficient (Wildman–Crippen LogP) is 0.825. The van der Waals surface area contributed by atoms with Crippen LogP contribution >= 0.6 is 0 Å². The third-order valence-corrected chi connectivity index (χ3v) is 2.74. The number of carbonyl (C=O) groups excluding carboxylic acids is 1. The van der Waals surface area contributed by atoms with Crippen LogP contribution in [0.4, 0.5) is 0 Å². The third-order valence-electron chi connectivity index (χ3n) is 2.74. The maximum Gasteiger partial charge on any atom is 0.271 e. The summed E-state index contributed by atoms with van der Waals surface area (Å²) in [4.78, 5) is 13.7. The van der Waals surface area contributed by atoms with Gasteiger partial charge in [0.1, 0.15) is 5.69 Å². The summed E-state index contributed by atoms with van der Waals surface area (Å²) < 4.78 is 1.61. The normalized spacial score (nSPS) is 12.5. The fourth-order valence-corrected chi connectivity index (χ4v) is 1.58. The number of aliphatic hydroxyl groups excluding tert-OH is 1. The van der Waals surface area contributed by atoms with E-state index in [9.17, 15) is 9.90 Å². The van der Waals surface area contributed by atoms with Crippen LogP contribution < -0.4 is 0 Å². The van der Waals surface area contributed by atoms with Crippen molar-refractivity contribution in [2.45, 2.75) is 32.8 Å². The summed E-state index contributed by atoms with van der Waals surface area (Å²) >= 11 is 0. The van der Waals surface area contributed by atoms with Crippen molar-refractivity contribution in [2.24, 2.45) is 7.05 Å². The first-order chi connectivity index (χ1) is 7.95. The van der Waals surface area contributed by atoms with Gasteiger partial charge in [-0.15, -0.1) is 0 Å². The van der Waals surface area contributed by atoms with Gasteiger partial charge in [-0.3, -0.25) is 9.48 Å². The largest absolute Gasteiger partial charge is 0.393 e. The number of rotatable bonds is 5. The van der Waals surface area contributed by atoms with Gasteiger partial charge in [0.2, 0.25) is 0 Å². The molecule has 5 heteroatoms. The predicted molar refractivity (Wildman–Crippen MR) is 65.8 cm³/mol. The Morgan fingerprint density at radius 2 is 2.29 bits per heavy atom. The van der Waals surface area contributed by atoms with Gasteiger partial charge in [-0.2, -0.15) is 5.10 Å². The summed E-state index contributed by atoms with van der Waals surface area (Å²) in [6, 6.07) is 1.82. The molecule has 0 saturated heterocycles. The quantitative estimate of drug-likeness (QED) is 0.827. The molecule has 0 bridgehead atoms. The van der Waals surface area contributed by atoms with E-state index < -0.39 is 0 Å². The Morgan fingerprint density at radius 3 is 2.76 bits per heavy atom. The maximum absolute atomic E-state index is 12.1. The van der Waals surface area contributed by atoms with Crippen molar-refractivity contribution >= 4 is 5.91 Å². The molecule has 1 heterocycles. The summed E-state index contributed by atoms with van der Waals surface area (Å²) in [5.41, 5.74) is 1.51. The van der Waals surface area contributed by atoms with Gasteiger partial charge < -0.3 is 10.0 Å². The molecular weight excluding hydrogens is 218 g/mol. The molecule has 0 aliphatic heterocycles. The average Bonchev–Trinajstić information content (AvgIpc) is 2.66. The van der Waals surface area contributed by atoms with E-state index in [4.69, 9.17) is 0 Å². The molecule has 96 valence electrons. The lowest BCUT2D eigenvalue weighted by atomic mass is 10.2. The number of aromatic nitrogens is 2. The van der Waals surface area contributed by atoms with Crippen molar-refractivity contribution in [3.05, 3.63) is 17.5 Å². The van der Waals surface area contributed by atoms with Gasteiger partial charge in [0.25, 0.3) is 5.91 Å². The molecule has 0 aliphatic rings. The minimum Gasteiger partial charge on any atom is -0.393 e. The fraction of sp³-hybridized carbons (Fsp3) is 0.667. The average molecular weight is 239 g/mol. The Balaban J connectivity index is 2.70. The van der Waals surface area contributed by atoms with Gasteiger partial charge in [0.15, 0.2) is 0 Å².